The molecule has 0 aliphatic rings. The van der Waals surface area contributed by atoms with Crippen molar-refractivity contribution in [3.8, 4) is 0 Å². The molecule has 1 rings (SSSR count). The fourth-order valence-electron chi connectivity index (χ4n) is 1.78. The Labute approximate surface area is 102 Å². The van der Waals surface area contributed by atoms with Gasteiger partial charge in [0.05, 0.1) is 11.3 Å². The minimum absolute atomic E-state index is 0.268. The zero-order valence-corrected chi connectivity index (χ0v) is 10.4. The molecule has 0 amide bonds. The first kappa shape index (κ1) is 13.4. The fourth-order valence-corrected chi connectivity index (χ4v) is 1.78. The number of carboxylic acids is 1. The molecule has 4 nitrogen and oxygen atoms in total. The highest BCUT2D eigenvalue weighted by Gasteiger charge is 2.13. The predicted octanol–water partition coefficient (Wildman–Crippen LogP) is 2.59. The van der Waals surface area contributed by atoms with Gasteiger partial charge in [-0.2, -0.15) is 0 Å². The Kier molecular flexibility index (Phi) is 4.82. The van der Waals surface area contributed by atoms with Crippen LogP contribution in [0.1, 0.15) is 36.5 Å². The van der Waals surface area contributed by atoms with Crippen molar-refractivity contribution in [3.05, 3.63) is 23.8 Å². The van der Waals surface area contributed by atoms with E-state index in [2.05, 4.69) is 6.92 Å². The Morgan fingerprint density at radius 2 is 2.12 bits per heavy atom. The van der Waals surface area contributed by atoms with Crippen molar-refractivity contribution < 1.29 is 9.90 Å². The van der Waals surface area contributed by atoms with Crippen LogP contribution in [0.4, 0.5) is 11.4 Å². The number of unbranched alkanes of at least 4 members (excludes halogenated alkanes) is 2. The smallest absolute Gasteiger partial charge is 0.337 e. The van der Waals surface area contributed by atoms with Gasteiger partial charge in [0.1, 0.15) is 0 Å². The SMILES string of the molecule is CCCCCN(C)c1ccc(N)cc1C(=O)O. The molecule has 0 atom stereocenters. The van der Waals surface area contributed by atoms with Crippen LogP contribution in [0.25, 0.3) is 0 Å². The molecule has 3 N–H and O–H groups in total. The average molecular weight is 236 g/mol. The van der Waals surface area contributed by atoms with E-state index in [0.29, 0.717) is 5.69 Å². The summed E-state index contributed by atoms with van der Waals surface area (Å²) in [5.41, 5.74) is 7.08. The van der Waals surface area contributed by atoms with Crippen molar-refractivity contribution in [1.82, 2.24) is 0 Å². The van der Waals surface area contributed by atoms with Crippen LogP contribution in [0.2, 0.25) is 0 Å². The highest BCUT2D eigenvalue weighted by molar-refractivity contribution is 5.95. The molecule has 1 aromatic rings. The zero-order chi connectivity index (χ0) is 12.8. The van der Waals surface area contributed by atoms with Crippen molar-refractivity contribution in [2.24, 2.45) is 0 Å². The molecular formula is C13H20N2O2. The molecule has 4 heteroatoms. The predicted molar refractivity (Wildman–Crippen MR) is 70.6 cm³/mol. The largest absolute Gasteiger partial charge is 0.478 e. The molecule has 1 aromatic carbocycles. The highest BCUT2D eigenvalue weighted by atomic mass is 16.4. The van der Waals surface area contributed by atoms with E-state index in [4.69, 9.17) is 10.8 Å². The van der Waals surface area contributed by atoms with Gasteiger partial charge in [0.15, 0.2) is 0 Å². The van der Waals surface area contributed by atoms with E-state index in [1.165, 1.54) is 6.07 Å². The van der Waals surface area contributed by atoms with E-state index in [1.54, 1.807) is 12.1 Å². The zero-order valence-electron chi connectivity index (χ0n) is 10.4. The molecule has 0 saturated heterocycles. The third-order valence-corrected chi connectivity index (χ3v) is 2.76. The summed E-state index contributed by atoms with van der Waals surface area (Å²) in [6.07, 6.45) is 3.37. The second-order valence-corrected chi connectivity index (χ2v) is 4.21. The number of hydrogen-bond donors (Lipinski definition) is 2. The maximum absolute atomic E-state index is 11.1. The number of rotatable bonds is 6. The lowest BCUT2D eigenvalue weighted by Crippen LogP contribution is -2.21. The second-order valence-electron chi connectivity index (χ2n) is 4.21. The Morgan fingerprint density at radius 3 is 2.71 bits per heavy atom. The molecule has 0 aromatic heterocycles. The quantitative estimate of drug-likeness (QED) is 0.588. The van der Waals surface area contributed by atoms with Gasteiger partial charge in [0, 0.05) is 19.3 Å². The summed E-state index contributed by atoms with van der Waals surface area (Å²) in [5, 5.41) is 9.13. The van der Waals surface area contributed by atoms with Crippen molar-refractivity contribution in [2.45, 2.75) is 26.2 Å². The minimum Gasteiger partial charge on any atom is -0.478 e. The Bertz CT molecular complexity index is 391. The number of aromatic carboxylic acids is 1. The van der Waals surface area contributed by atoms with Crippen molar-refractivity contribution >= 4 is 17.3 Å². The molecule has 0 fully saturated rings. The number of benzene rings is 1. The van der Waals surface area contributed by atoms with Crippen LogP contribution in [0.3, 0.4) is 0 Å². The number of carboxylic acid groups (broad SMARTS) is 1. The molecule has 17 heavy (non-hydrogen) atoms. The van der Waals surface area contributed by atoms with E-state index in [-0.39, 0.29) is 5.56 Å². The summed E-state index contributed by atoms with van der Waals surface area (Å²) in [6.45, 7) is 3.00. The van der Waals surface area contributed by atoms with Crippen molar-refractivity contribution in [2.75, 3.05) is 24.2 Å². The average Bonchev–Trinajstić information content (AvgIpc) is 2.29. The summed E-state index contributed by atoms with van der Waals surface area (Å²) in [5.74, 6) is -0.936. The van der Waals surface area contributed by atoms with E-state index in [9.17, 15) is 4.79 Å². The van der Waals surface area contributed by atoms with Gasteiger partial charge < -0.3 is 15.7 Å². The normalized spacial score (nSPS) is 10.2. The molecule has 0 heterocycles. The van der Waals surface area contributed by atoms with E-state index >= 15 is 0 Å². The highest BCUT2D eigenvalue weighted by Crippen LogP contribution is 2.22. The lowest BCUT2D eigenvalue weighted by Gasteiger charge is -2.21. The Balaban J connectivity index is 2.84. The topological polar surface area (TPSA) is 66.6 Å². The second kappa shape index (κ2) is 6.13. The summed E-state index contributed by atoms with van der Waals surface area (Å²) in [6, 6.07) is 5.01. The number of anilines is 2. The van der Waals surface area contributed by atoms with Crippen molar-refractivity contribution in [3.63, 3.8) is 0 Å². The number of nitrogens with zero attached hydrogens (tertiary/aromatic N) is 1. The maximum atomic E-state index is 11.1. The molecule has 0 bridgehead atoms. The number of carbonyl (C=O) groups is 1. The number of hydrogen-bond acceptors (Lipinski definition) is 3. The first-order chi connectivity index (χ1) is 8.06. The van der Waals surface area contributed by atoms with Crippen LogP contribution in [-0.2, 0) is 0 Å². The summed E-state index contributed by atoms with van der Waals surface area (Å²) >= 11 is 0. The van der Waals surface area contributed by atoms with Gasteiger partial charge in [0.25, 0.3) is 0 Å². The molecule has 0 radical (unpaired) electrons. The van der Waals surface area contributed by atoms with Gasteiger partial charge in [0.2, 0.25) is 0 Å². The van der Waals surface area contributed by atoms with Crippen molar-refractivity contribution in [1.29, 1.82) is 0 Å². The van der Waals surface area contributed by atoms with Crippen LogP contribution in [0.15, 0.2) is 18.2 Å². The Morgan fingerprint density at radius 1 is 1.41 bits per heavy atom. The first-order valence-corrected chi connectivity index (χ1v) is 5.90. The van der Waals surface area contributed by atoms with E-state index in [1.807, 2.05) is 11.9 Å². The van der Waals surface area contributed by atoms with E-state index in [0.717, 1.165) is 31.5 Å². The molecule has 0 spiro atoms. The lowest BCUT2D eigenvalue weighted by atomic mass is 10.1. The van der Waals surface area contributed by atoms with Crippen LogP contribution in [0.5, 0.6) is 0 Å². The lowest BCUT2D eigenvalue weighted by molar-refractivity contribution is 0.0697. The number of nitrogens with two attached hydrogens (primary N) is 1. The third-order valence-electron chi connectivity index (χ3n) is 2.76. The first-order valence-electron chi connectivity index (χ1n) is 5.90. The molecule has 0 unspecified atom stereocenters. The van der Waals surface area contributed by atoms with Gasteiger partial charge in [-0.15, -0.1) is 0 Å². The van der Waals surface area contributed by atoms with Gasteiger partial charge in [-0.05, 0) is 24.6 Å². The summed E-state index contributed by atoms with van der Waals surface area (Å²) in [4.78, 5) is 13.1. The molecule has 0 aliphatic heterocycles. The summed E-state index contributed by atoms with van der Waals surface area (Å²) < 4.78 is 0. The minimum atomic E-state index is -0.936. The van der Waals surface area contributed by atoms with Crippen LogP contribution in [-0.4, -0.2) is 24.7 Å². The van der Waals surface area contributed by atoms with Gasteiger partial charge >= 0.3 is 5.97 Å². The van der Waals surface area contributed by atoms with Gasteiger partial charge in [-0.3, -0.25) is 0 Å². The fraction of sp³-hybridized carbons (Fsp3) is 0.462. The maximum Gasteiger partial charge on any atom is 0.337 e. The molecule has 0 aliphatic carbocycles. The summed E-state index contributed by atoms with van der Waals surface area (Å²) in [7, 11) is 1.91. The standard InChI is InChI=1S/C13H20N2O2/c1-3-4-5-8-15(2)12-7-6-10(14)9-11(12)13(16)17/h6-7,9H,3-5,8,14H2,1-2H3,(H,16,17). The van der Waals surface area contributed by atoms with Gasteiger partial charge in [-0.1, -0.05) is 19.8 Å². The molecule has 94 valence electrons. The molecular weight excluding hydrogens is 216 g/mol. The Hall–Kier alpha value is -1.71. The monoisotopic (exact) mass is 236 g/mol. The third kappa shape index (κ3) is 3.66. The van der Waals surface area contributed by atoms with Crippen LogP contribution in [0, 0.1) is 0 Å². The van der Waals surface area contributed by atoms with Gasteiger partial charge in [-0.25, -0.2) is 4.79 Å². The van der Waals surface area contributed by atoms with Crippen LogP contribution < -0.4 is 10.6 Å². The van der Waals surface area contributed by atoms with Crippen LogP contribution >= 0.6 is 0 Å². The molecule has 0 saturated carbocycles. The number of nitrogen functional groups attached to an aromatic ring is 1. The van der Waals surface area contributed by atoms with E-state index < -0.39 is 5.97 Å².